The minimum Gasteiger partial charge on any atom is -0.455 e. The van der Waals surface area contributed by atoms with Gasteiger partial charge in [0.25, 0.3) is 0 Å². The maximum Gasteiger partial charge on any atom is 0.150 e. The summed E-state index contributed by atoms with van der Waals surface area (Å²) in [6.45, 7) is 0.919. The van der Waals surface area contributed by atoms with E-state index in [1.165, 1.54) is 0 Å². The summed E-state index contributed by atoms with van der Waals surface area (Å²) in [5.74, 6) is 1.45. The summed E-state index contributed by atoms with van der Waals surface area (Å²) >= 11 is 0. The van der Waals surface area contributed by atoms with Crippen LogP contribution in [0.25, 0.3) is 0 Å². The molecular formula is C14H16N2O2. The molecular weight excluding hydrogens is 228 g/mol. The largest absolute Gasteiger partial charge is 0.455 e. The highest BCUT2D eigenvalue weighted by molar-refractivity contribution is 5.35. The van der Waals surface area contributed by atoms with Gasteiger partial charge in [0.2, 0.25) is 0 Å². The van der Waals surface area contributed by atoms with Crippen LogP contribution in [0.15, 0.2) is 42.6 Å². The van der Waals surface area contributed by atoms with Gasteiger partial charge in [0.05, 0.1) is 12.3 Å². The number of hydrogen-bond donors (Lipinski definition) is 1. The lowest BCUT2D eigenvalue weighted by Gasteiger charge is -2.10. The van der Waals surface area contributed by atoms with Gasteiger partial charge in [-0.1, -0.05) is 12.1 Å². The Hall–Kier alpha value is -1.91. The molecule has 0 aliphatic carbocycles. The van der Waals surface area contributed by atoms with E-state index in [1.807, 2.05) is 36.4 Å². The number of aromatic nitrogens is 1. The number of pyridine rings is 1. The third-order valence-electron chi connectivity index (χ3n) is 2.48. The molecule has 0 spiro atoms. The topological polar surface area (TPSA) is 57.4 Å². The average molecular weight is 244 g/mol. The lowest BCUT2D eigenvalue weighted by molar-refractivity contribution is 0.184. The molecule has 0 amide bonds. The van der Waals surface area contributed by atoms with Crippen molar-refractivity contribution in [1.29, 1.82) is 0 Å². The maximum absolute atomic E-state index is 5.79. The summed E-state index contributed by atoms with van der Waals surface area (Å²) in [6.07, 6.45) is 1.70. The van der Waals surface area contributed by atoms with Crippen molar-refractivity contribution in [1.82, 2.24) is 4.98 Å². The Morgan fingerprint density at radius 2 is 2.11 bits per heavy atom. The second-order valence-electron chi connectivity index (χ2n) is 3.83. The summed E-state index contributed by atoms with van der Waals surface area (Å²) < 4.78 is 10.9. The summed E-state index contributed by atoms with van der Waals surface area (Å²) in [4.78, 5) is 4.18. The molecule has 0 radical (unpaired) electrons. The van der Waals surface area contributed by atoms with Gasteiger partial charge >= 0.3 is 0 Å². The van der Waals surface area contributed by atoms with Crippen LogP contribution in [0.4, 0.5) is 0 Å². The van der Waals surface area contributed by atoms with Crippen LogP contribution in [0.1, 0.15) is 11.3 Å². The van der Waals surface area contributed by atoms with Gasteiger partial charge in [0.1, 0.15) is 11.5 Å². The first-order valence-corrected chi connectivity index (χ1v) is 5.73. The maximum atomic E-state index is 5.79. The first-order valence-electron chi connectivity index (χ1n) is 5.73. The molecule has 4 nitrogen and oxygen atoms in total. The van der Waals surface area contributed by atoms with E-state index in [0.717, 1.165) is 17.0 Å². The number of benzene rings is 1. The van der Waals surface area contributed by atoms with Crippen LogP contribution in [-0.4, -0.2) is 12.1 Å². The second kappa shape index (κ2) is 6.14. The van der Waals surface area contributed by atoms with Gasteiger partial charge in [0.15, 0.2) is 0 Å². The predicted octanol–water partition coefficient (Wildman–Crippen LogP) is 2.48. The molecule has 94 valence electrons. The fourth-order valence-corrected chi connectivity index (χ4v) is 1.66. The zero-order valence-electron chi connectivity index (χ0n) is 10.3. The van der Waals surface area contributed by atoms with Crippen molar-refractivity contribution in [2.45, 2.75) is 13.2 Å². The van der Waals surface area contributed by atoms with Gasteiger partial charge < -0.3 is 15.2 Å². The van der Waals surface area contributed by atoms with Gasteiger partial charge in [-0.15, -0.1) is 0 Å². The minimum atomic E-state index is 0.355. The molecule has 18 heavy (non-hydrogen) atoms. The number of nitrogens with zero attached hydrogens (tertiary/aromatic N) is 1. The van der Waals surface area contributed by atoms with E-state index in [9.17, 15) is 0 Å². The first-order chi connectivity index (χ1) is 8.83. The first kappa shape index (κ1) is 12.5. The monoisotopic (exact) mass is 244 g/mol. The third kappa shape index (κ3) is 3.06. The van der Waals surface area contributed by atoms with Crippen LogP contribution in [0, 0.1) is 0 Å². The average Bonchev–Trinajstić information content (AvgIpc) is 2.40. The highest BCUT2D eigenvalue weighted by atomic mass is 16.5. The highest BCUT2D eigenvalue weighted by Crippen LogP contribution is 2.24. The van der Waals surface area contributed by atoms with E-state index in [2.05, 4.69) is 4.98 Å². The molecule has 0 unspecified atom stereocenters. The summed E-state index contributed by atoms with van der Waals surface area (Å²) in [5.41, 5.74) is 7.43. The predicted molar refractivity (Wildman–Crippen MR) is 69.4 cm³/mol. The lowest BCUT2D eigenvalue weighted by Crippen LogP contribution is -2.02. The number of nitrogens with two attached hydrogens (primary N) is 1. The molecule has 0 saturated heterocycles. The molecule has 1 heterocycles. The number of methoxy groups -OCH3 is 1. The van der Waals surface area contributed by atoms with Gasteiger partial charge in [-0.2, -0.15) is 0 Å². The Morgan fingerprint density at radius 3 is 2.89 bits per heavy atom. The standard InChI is InChI=1S/C14H16N2O2/c1-17-10-11-4-2-5-12(8-11)18-14-6-3-7-16-13(14)9-15/h2-8H,9-10,15H2,1H3. The van der Waals surface area contributed by atoms with E-state index in [0.29, 0.717) is 18.9 Å². The molecule has 0 aliphatic rings. The molecule has 2 rings (SSSR count). The highest BCUT2D eigenvalue weighted by Gasteiger charge is 2.04. The third-order valence-corrected chi connectivity index (χ3v) is 2.48. The normalized spacial score (nSPS) is 10.3. The van der Waals surface area contributed by atoms with Crippen LogP contribution in [-0.2, 0) is 17.9 Å². The minimum absolute atomic E-state index is 0.355. The van der Waals surface area contributed by atoms with Crippen LogP contribution < -0.4 is 10.5 Å². The summed E-state index contributed by atoms with van der Waals surface area (Å²) in [6, 6.07) is 11.4. The van der Waals surface area contributed by atoms with E-state index in [4.69, 9.17) is 15.2 Å². The van der Waals surface area contributed by atoms with Gasteiger partial charge in [0, 0.05) is 19.9 Å². The van der Waals surface area contributed by atoms with Crippen molar-refractivity contribution in [3.63, 3.8) is 0 Å². The van der Waals surface area contributed by atoms with Gasteiger partial charge in [-0.3, -0.25) is 4.98 Å². The molecule has 1 aromatic carbocycles. The van der Waals surface area contributed by atoms with Crippen molar-refractivity contribution in [3.8, 4) is 11.5 Å². The fraction of sp³-hybridized carbons (Fsp3) is 0.214. The molecule has 0 aliphatic heterocycles. The van der Waals surface area contributed by atoms with Crippen molar-refractivity contribution < 1.29 is 9.47 Å². The smallest absolute Gasteiger partial charge is 0.150 e. The van der Waals surface area contributed by atoms with E-state index < -0.39 is 0 Å². The molecule has 4 heteroatoms. The molecule has 2 aromatic rings. The zero-order chi connectivity index (χ0) is 12.8. The second-order valence-corrected chi connectivity index (χ2v) is 3.83. The number of ether oxygens (including phenoxy) is 2. The Morgan fingerprint density at radius 1 is 1.22 bits per heavy atom. The van der Waals surface area contributed by atoms with Crippen LogP contribution >= 0.6 is 0 Å². The van der Waals surface area contributed by atoms with Crippen molar-refractivity contribution in [3.05, 3.63) is 53.9 Å². The lowest BCUT2D eigenvalue weighted by atomic mass is 10.2. The van der Waals surface area contributed by atoms with Gasteiger partial charge in [-0.05, 0) is 29.8 Å². The van der Waals surface area contributed by atoms with Crippen LogP contribution in [0.3, 0.4) is 0 Å². The van der Waals surface area contributed by atoms with Crippen molar-refractivity contribution in [2.75, 3.05) is 7.11 Å². The number of rotatable bonds is 5. The molecule has 0 fully saturated rings. The van der Waals surface area contributed by atoms with Crippen LogP contribution in [0.5, 0.6) is 11.5 Å². The zero-order valence-corrected chi connectivity index (χ0v) is 10.3. The molecule has 0 atom stereocenters. The number of hydrogen-bond acceptors (Lipinski definition) is 4. The molecule has 1 aromatic heterocycles. The quantitative estimate of drug-likeness (QED) is 0.877. The Labute approximate surface area is 106 Å². The molecule has 0 bridgehead atoms. The van der Waals surface area contributed by atoms with Crippen molar-refractivity contribution >= 4 is 0 Å². The summed E-state index contributed by atoms with van der Waals surface area (Å²) in [5, 5.41) is 0. The van der Waals surface area contributed by atoms with Crippen molar-refractivity contribution in [2.24, 2.45) is 5.73 Å². The Kier molecular flexibility index (Phi) is 4.28. The van der Waals surface area contributed by atoms with E-state index in [-0.39, 0.29) is 0 Å². The SMILES string of the molecule is COCc1cccc(Oc2cccnc2CN)c1. The fourth-order valence-electron chi connectivity index (χ4n) is 1.66. The summed E-state index contributed by atoms with van der Waals surface area (Å²) in [7, 11) is 1.67. The molecule has 2 N–H and O–H groups in total. The van der Waals surface area contributed by atoms with Crippen LogP contribution in [0.2, 0.25) is 0 Å². The van der Waals surface area contributed by atoms with Gasteiger partial charge in [-0.25, -0.2) is 0 Å². The molecule has 0 saturated carbocycles. The Balaban J connectivity index is 2.20. The van der Waals surface area contributed by atoms with E-state index in [1.54, 1.807) is 13.3 Å². The Bertz CT molecular complexity index is 515. The van der Waals surface area contributed by atoms with E-state index >= 15 is 0 Å².